The summed E-state index contributed by atoms with van der Waals surface area (Å²) in [6, 6.07) is 17.4. The number of carbonyl (C=O) groups is 1. The third kappa shape index (κ3) is 2.64. The molecule has 0 aliphatic heterocycles. The molecule has 0 aliphatic rings. The first-order chi connectivity index (χ1) is 10.2. The fraction of sp³-hybridized carbons (Fsp3) is 0.125. The lowest BCUT2D eigenvalue weighted by Crippen LogP contribution is -2.19. The third-order valence-electron chi connectivity index (χ3n) is 3.33. The number of amides is 1. The zero-order valence-corrected chi connectivity index (χ0v) is 12.4. The lowest BCUT2D eigenvalue weighted by Gasteiger charge is -2.12. The Labute approximate surface area is 127 Å². The molecule has 3 aromatic rings. The number of hydrogen-bond donors (Lipinski definition) is 1. The van der Waals surface area contributed by atoms with Crippen molar-refractivity contribution >= 4 is 28.7 Å². The van der Waals surface area contributed by atoms with Crippen molar-refractivity contribution in [1.82, 2.24) is 9.55 Å². The highest BCUT2D eigenvalue weighted by molar-refractivity contribution is 8.00. The van der Waals surface area contributed by atoms with Crippen LogP contribution in [0, 0.1) is 0 Å². The lowest BCUT2D eigenvalue weighted by atomic mass is 10.1. The van der Waals surface area contributed by atoms with Crippen LogP contribution < -0.4 is 5.73 Å². The fourth-order valence-corrected chi connectivity index (χ4v) is 3.28. The minimum absolute atomic E-state index is 0.363. The molecule has 3 rings (SSSR count). The number of nitrogens with two attached hydrogens (primary N) is 1. The predicted octanol–water partition coefficient (Wildman–Crippen LogP) is 2.89. The summed E-state index contributed by atoms with van der Waals surface area (Å²) in [5.74, 6) is -0.363. The van der Waals surface area contributed by atoms with E-state index in [1.54, 1.807) is 0 Å². The maximum atomic E-state index is 11.8. The van der Waals surface area contributed by atoms with Gasteiger partial charge in [0.05, 0.1) is 11.0 Å². The molecular weight excluding hydrogens is 282 g/mol. The Morgan fingerprint density at radius 3 is 2.48 bits per heavy atom. The van der Waals surface area contributed by atoms with Gasteiger partial charge in [0.2, 0.25) is 5.91 Å². The Morgan fingerprint density at radius 1 is 1.14 bits per heavy atom. The van der Waals surface area contributed by atoms with E-state index < -0.39 is 5.25 Å². The molecule has 0 radical (unpaired) electrons. The predicted molar refractivity (Wildman–Crippen MR) is 84.9 cm³/mol. The van der Waals surface area contributed by atoms with Crippen molar-refractivity contribution in [3.8, 4) is 0 Å². The van der Waals surface area contributed by atoms with Crippen molar-refractivity contribution in [2.24, 2.45) is 12.8 Å². The van der Waals surface area contributed by atoms with E-state index in [1.807, 2.05) is 66.2 Å². The van der Waals surface area contributed by atoms with Gasteiger partial charge in [0.15, 0.2) is 5.16 Å². The quantitative estimate of drug-likeness (QED) is 0.753. The van der Waals surface area contributed by atoms with Gasteiger partial charge in [-0.15, -0.1) is 0 Å². The van der Waals surface area contributed by atoms with Crippen LogP contribution in [0.2, 0.25) is 0 Å². The highest BCUT2D eigenvalue weighted by atomic mass is 32.2. The first-order valence-corrected chi connectivity index (χ1v) is 7.47. The summed E-state index contributed by atoms with van der Waals surface area (Å²) in [4.78, 5) is 16.4. The molecule has 5 heteroatoms. The molecule has 21 heavy (non-hydrogen) atoms. The second-order valence-electron chi connectivity index (χ2n) is 4.75. The number of fused-ring (bicyclic) bond motifs is 1. The number of primary amides is 1. The lowest BCUT2D eigenvalue weighted by molar-refractivity contribution is -0.117. The molecule has 0 spiro atoms. The SMILES string of the molecule is Cn1c(SC(C(N)=O)c2ccccc2)nc2ccccc21. The average molecular weight is 297 g/mol. The van der Waals surface area contributed by atoms with Gasteiger partial charge in [0, 0.05) is 7.05 Å². The summed E-state index contributed by atoms with van der Waals surface area (Å²) in [6.45, 7) is 0. The second-order valence-corrected chi connectivity index (χ2v) is 5.83. The molecule has 1 unspecified atom stereocenters. The monoisotopic (exact) mass is 297 g/mol. The van der Waals surface area contributed by atoms with Crippen LogP contribution in [-0.2, 0) is 11.8 Å². The number of para-hydroxylation sites is 2. The number of thioether (sulfide) groups is 1. The van der Waals surface area contributed by atoms with E-state index in [4.69, 9.17) is 5.73 Å². The van der Waals surface area contributed by atoms with E-state index in [2.05, 4.69) is 4.98 Å². The number of imidazole rings is 1. The van der Waals surface area contributed by atoms with Crippen molar-refractivity contribution in [2.75, 3.05) is 0 Å². The standard InChI is InChI=1S/C16H15N3OS/c1-19-13-10-6-5-9-12(13)18-16(19)21-14(15(17)20)11-7-3-2-4-8-11/h2-10,14H,1H3,(H2,17,20). The van der Waals surface area contributed by atoms with Crippen LogP contribution in [0.25, 0.3) is 11.0 Å². The number of aryl methyl sites for hydroxylation is 1. The minimum Gasteiger partial charge on any atom is -0.368 e. The van der Waals surface area contributed by atoms with Crippen LogP contribution in [0.1, 0.15) is 10.8 Å². The largest absolute Gasteiger partial charge is 0.368 e. The molecule has 1 aromatic heterocycles. The number of hydrogen-bond acceptors (Lipinski definition) is 3. The average Bonchev–Trinajstić information content (AvgIpc) is 2.82. The van der Waals surface area contributed by atoms with Crippen molar-refractivity contribution in [3.63, 3.8) is 0 Å². The Kier molecular flexibility index (Phi) is 3.66. The van der Waals surface area contributed by atoms with Gasteiger partial charge in [-0.1, -0.05) is 54.2 Å². The molecule has 1 heterocycles. The summed E-state index contributed by atoms with van der Waals surface area (Å²) >= 11 is 1.38. The van der Waals surface area contributed by atoms with Crippen LogP contribution >= 0.6 is 11.8 Å². The zero-order chi connectivity index (χ0) is 14.8. The van der Waals surface area contributed by atoms with Crippen molar-refractivity contribution < 1.29 is 4.79 Å². The second kappa shape index (κ2) is 5.61. The fourth-order valence-electron chi connectivity index (χ4n) is 2.25. The molecule has 1 atom stereocenters. The Hall–Kier alpha value is -2.27. The first-order valence-electron chi connectivity index (χ1n) is 6.59. The molecule has 0 saturated heterocycles. The molecule has 1 amide bonds. The minimum atomic E-state index is -0.443. The molecule has 0 aliphatic carbocycles. The van der Waals surface area contributed by atoms with Gasteiger partial charge in [-0.3, -0.25) is 4.79 Å². The van der Waals surface area contributed by atoms with E-state index in [9.17, 15) is 4.79 Å². The van der Waals surface area contributed by atoms with Crippen molar-refractivity contribution in [2.45, 2.75) is 10.4 Å². The van der Waals surface area contributed by atoms with Gasteiger partial charge in [-0.2, -0.15) is 0 Å². The summed E-state index contributed by atoms with van der Waals surface area (Å²) in [5, 5.41) is 0.338. The number of aromatic nitrogens is 2. The van der Waals surface area contributed by atoms with E-state index in [-0.39, 0.29) is 5.91 Å². The summed E-state index contributed by atoms with van der Waals surface area (Å²) < 4.78 is 1.98. The summed E-state index contributed by atoms with van der Waals surface area (Å²) in [7, 11) is 1.95. The van der Waals surface area contributed by atoms with Crippen LogP contribution in [0.5, 0.6) is 0 Å². The normalized spacial score (nSPS) is 12.4. The number of nitrogens with zero attached hydrogens (tertiary/aromatic N) is 2. The van der Waals surface area contributed by atoms with Crippen LogP contribution in [-0.4, -0.2) is 15.5 Å². The number of rotatable bonds is 4. The highest BCUT2D eigenvalue weighted by Gasteiger charge is 2.22. The number of carbonyl (C=O) groups excluding carboxylic acids is 1. The first kappa shape index (κ1) is 13.7. The Bertz CT molecular complexity index is 783. The maximum Gasteiger partial charge on any atom is 0.235 e. The van der Waals surface area contributed by atoms with Gasteiger partial charge >= 0.3 is 0 Å². The van der Waals surface area contributed by atoms with Crippen molar-refractivity contribution in [1.29, 1.82) is 0 Å². The van der Waals surface area contributed by atoms with E-state index in [0.717, 1.165) is 21.8 Å². The van der Waals surface area contributed by atoms with Gasteiger partial charge in [-0.25, -0.2) is 4.98 Å². The van der Waals surface area contributed by atoms with Gasteiger partial charge in [0.25, 0.3) is 0 Å². The van der Waals surface area contributed by atoms with Gasteiger partial charge in [-0.05, 0) is 17.7 Å². The molecule has 4 nitrogen and oxygen atoms in total. The highest BCUT2D eigenvalue weighted by Crippen LogP contribution is 2.35. The Balaban J connectivity index is 1.99. The molecule has 0 bridgehead atoms. The van der Waals surface area contributed by atoms with Crippen LogP contribution in [0.3, 0.4) is 0 Å². The molecule has 0 fully saturated rings. The summed E-state index contributed by atoms with van der Waals surface area (Å²) in [6.07, 6.45) is 0. The third-order valence-corrected chi connectivity index (χ3v) is 4.65. The van der Waals surface area contributed by atoms with Crippen LogP contribution in [0.15, 0.2) is 59.8 Å². The molecule has 2 aromatic carbocycles. The number of benzene rings is 2. The van der Waals surface area contributed by atoms with Gasteiger partial charge in [0.1, 0.15) is 5.25 Å². The molecule has 106 valence electrons. The maximum absolute atomic E-state index is 11.8. The molecule has 2 N–H and O–H groups in total. The molecule has 0 saturated carbocycles. The topological polar surface area (TPSA) is 60.9 Å². The Morgan fingerprint density at radius 2 is 1.81 bits per heavy atom. The van der Waals surface area contributed by atoms with Gasteiger partial charge < -0.3 is 10.3 Å². The van der Waals surface area contributed by atoms with Crippen LogP contribution in [0.4, 0.5) is 0 Å². The molecular formula is C16H15N3OS. The van der Waals surface area contributed by atoms with E-state index in [0.29, 0.717) is 0 Å². The van der Waals surface area contributed by atoms with E-state index >= 15 is 0 Å². The smallest absolute Gasteiger partial charge is 0.235 e. The summed E-state index contributed by atoms with van der Waals surface area (Å²) in [5.41, 5.74) is 8.41. The zero-order valence-electron chi connectivity index (χ0n) is 11.6. The van der Waals surface area contributed by atoms with Crippen molar-refractivity contribution in [3.05, 3.63) is 60.2 Å². The van der Waals surface area contributed by atoms with E-state index in [1.165, 1.54) is 11.8 Å².